The maximum Gasteiger partial charge on any atom is 0.229 e. The van der Waals surface area contributed by atoms with Gasteiger partial charge in [-0.25, -0.2) is 0 Å². The highest BCUT2D eigenvalue weighted by Gasteiger charge is 2.34. The fourth-order valence-corrected chi connectivity index (χ4v) is 3.45. The van der Waals surface area contributed by atoms with Crippen LogP contribution >= 0.6 is 0 Å². The Labute approximate surface area is 173 Å². The maximum absolute atomic E-state index is 12.7. The zero-order valence-electron chi connectivity index (χ0n) is 17.5. The summed E-state index contributed by atoms with van der Waals surface area (Å²) in [6.45, 7) is 7.82. The lowest BCUT2D eigenvalue weighted by molar-refractivity contribution is -0.128. The van der Waals surface area contributed by atoms with E-state index in [9.17, 15) is 9.59 Å². The van der Waals surface area contributed by atoms with Gasteiger partial charge in [-0.15, -0.1) is 0 Å². The summed E-state index contributed by atoms with van der Waals surface area (Å²) in [4.78, 5) is 26.9. The molecule has 0 bridgehead atoms. The normalized spacial score (nSPS) is 16.2. The van der Waals surface area contributed by atoms with Gasteiger partial charge in [0.15, 0.2) is 0 Å². The third kappa shape index (κ3) is 5.59. The predicted octanol–water partition coefficient (Wildman–Crippen LogP) is 4.47. The highest BCUT2D eigenvalue weighted by Crippen LogP contribution is 2.25. The summed E-state index contributed by atoms with van der Waals surface area (Å²) in [5, 5.41) is 2.99. The highest BCUT2D eigenvalue weighted by atomic mass is 16.5. The van der Waals surface area contributed by atoms with Crippen molar-refractivity contribution in [3.63, 3.8) is 0 Å². The molecule has 29 heavy (non-hydrogen) atoms. The number of nitrogens with one attached hydrogen (secondary N) is 1. The van der Waals surface area contributed by atoms with Crippen molar-refractivity contribution >= 4 is 17.5 Å². The van der Waals surface area contributed by atoms with Crippen LogP contribution in [-0.2, 0) is 16.1 Å². The van der Waals surface area contributed by atoms with Crippen molar-refractivity contribution in [1.82, 2.24) is 4.90 Å². The van der Waals surface area contributed by atoms with E-state index >= 15 is 0 Å². The number of hydrogen-bond donors (Lipinski definition) is 1. The van der Waals surface area contributed by atoms with Gasteiger partial charge >= 0.3 is 0 Å². The number of benzene rings is 2. The van der Waals surface area contributed by atoms with E-state index in [2.05, 4.69) is 12.2 Å². The van der Waals surface area contributed by atoms with Gasteiger partial charge in [0.05, 0.1) is 12.5 Å². The topological polar surface area (TPSA) is 58.6 Å². The van der Waals surface area contributed by atoms with Gasteiger partial charge in [-0.2, -0.15) is 0 Å². The number of rotatable bonds is 8. The van der Waals surface area contributed by atoms with Crippen LogP contribution < -0.4 is 10.1 Å². The number of anilines is 1. The first-order valence-corrected chi connectivity index (χ1v) is 10.3. The Bertz CT molecular complexity index is 861. The Balaban J connectivity index is 1.57. The number of hydrogen-bond acceptors (Lipinski definition) is 3. The lowest BCUT2D eigenvalue weighted by atomic mass is 10.1. The first-order chi connectivity index (χ1) is 14.0. The van der Waals surface area contributed by atoms with E-state index in [1.807, 2.05) is 56.3 Å². The molecule has 5 heteroatoms. The van der Waals surface area contributed by atoms with Crippen LogP contribution in [0.1, 0.15) is 42.9 Å². The zero-order chi connectivity index (χ0) is 20.8. The molecule has 1 fully saturated rings. The molecule has 1 atom stereocenters. The van der Waals surface area contributed by atoms with Gasteiger partial charge in [0.1, 0.15) is 5.75 Å². The van der Waals surface area contributed by atoms with Gasteiger partial charge < -0.3 is 15.0 Å². The van der Waals surface area contributed by atoms with Crippen molar-refractivity contribution in [2.45, 2.75) is 46.6 Å². The number of carbonyl (C=O) groups excluding carboxylic acids is 2. The standard InChI is InChI=1S/C24H30N2O3/c1-4-5-12-29-21-10-11-22(18(3)13-21)25-24(28)20-14-23(27)26(16-20)15-19-8-6-17(2)7-9-19/h6-11,13,20H,4-5,12,14-16H2,1-3H3,(H,25,28). The molecular formula is C24H30N2O3. The van der Waals surface area contributed by atoms with Crippen molar-refractivity contribution in [2.75, 3.05) is 18.5 Å². The highest BCUT2D eigenvalue weighted by molar-refractivity contribution is 5.97. The molecule has 5 nitrogen and oxygen atoms in total. The molecule has 0 saturated carbocycles. The molecule has 1 unspecified atom stereocenters. The molecule has 1 aliphatic heterocycles. The van der Waals surface area contributed by atoms with E-state index in [0.29, 0.717) is 19.7 Å². The predicted molar refractivity (Wildman–Crippen MR) is 115 cm³/mol. The third-order valence-corrected chi connectivity index (χ3v) is 5.30. The molecule has 1 aliphatic rings. The van der Waals surface area contributed by atoms with Gasteiger partial charge in [0, 0.05) is 25.2 Å². The minimum atomic E-state index is -0.326. The molecule has 1 saturated heterocycles. The van der Waals surface area contributed by atoms with E-state index in [-0.39, 0.29) is 24.2 Å². The summed E-state index contributed by atoms with van der Waals surface area (Å²) in [7, 11) is 0. The Kier molecular flexibility index (Phi) is 6.91. The number of aryl methyl sites for hydroxylation is 2. The Hall–Kier alpha value is -2.82. The van der Waals surface area contributed by atoms with E-state index in [4.69, 9.17) is 4.74 Å². The van der Waals surface area contributed by atoms with Crippen molar-refractivity contribution in [3.05, 3.63) is 59.2 Å². The van der Waals surface area contributed by atoms with Crippen molar-refractivity contribution in [3.8, 4) is 5.75 Å². The summed E-state index contributed by atoms with van der Waals surface area (Å²) < 4.78 is 5.72. The van der Waals surface area contributed by atoms with Crippen LogP contribution in [0.2, 0.25) is 0 Å². The molecule has 2 aromatic carbocycles. The van der Waals surface area contributed by atoms with Gasteiger partial charge in [0.2, 0.25) is 11.8 Å². The lowest BCUT2D eigenvalue weighted by Crippen LogP contribution is -2.28. The van der Waals surface area contributed by atoms with E-state index in [1.165, 1.54) is 5.56 Å². The number of amides is 2. The second-order valence-corrected chi connectivity index (χ2v) is 7.83. The average molecular weight is 395 g/mol. The van der Waals surface area contributed by atoms with E-state index in [0.717, 1.165) is 35.4 Å². The Morgan fingerprint density at radius 1 is 1.17 bits per heavy atom. The minimum absolute atomic E-state index is 0.0297. The lowest BCUT2D eigenvalue weighted by Gasteiger charge is -2.17. The smallest absolute Gasteiger partial charge is 0.229 e. The van der Waals surface area contributed by atoms with Gasteiger partial charge in [0.25, 0.3) is 0 Å². The molecule has 2 aromatic rings. The molecule has 0 spiro atoms. The van der Waals surface area contributed by atoms with Gasteiger partial charge in [-0.1, -0.05) is 43.2 Å². The zero-order valence-corrected chi connectivity index (χ0v) is 17.5. The number of carbonyl (C=O) groups is 2. The first kappa shape index (κ1) is 20.9. The quantitative estimate of drug-likeness (QED) is 0.672. The molecule has 0 aromatic heterocycles. The molecule has 1 heterocycles. The second kappa shape index (κ2) is 9.59. The van der Waals surface area contributed by atoms with Gasteiger partial charge in [-0.3, -0.25) is 9.59 Å². The summed E-state index contributed by atoms with van der Waals surface area (Å²) in [6.07, 6.45) is 2.37. The summed E-state index contributed by atoms with van der Waals surface area (Å²) in [5.74, 6) is 0.414. The minimum Gasteiger partial charge on any atom is -0.494 e. The first-order valence-electron chi connectivity index (χ1n) is 10.3. The average Bonchev–Trinajstić information content (AvgIpc) is 3.06. The Morgan fingerprint density at radius 2 is 1.93 bits per heavy atom. The number of nitrogens with zero attached hydrogens (tertiary/aromatic N) is 1. The van der Waals surface area contributed by atoms with Crippen LogP contribution in [0.15, 0.2) is 42.5 Å². The van der Waals surface area contributed by atoms with E-state index in [1.54, 1.807) is 4.90 Å². The molecule has 2 amide bonds. The fraction of sp³-hybridized carbons (Fsp3) is 0.417. The van der Waals surface area contributed by atoms with Crippen LogP contribution in [0.4, 0.5) is 5.69 Å². The Morgan fingerprint density at radius 3 is 2.62 bits per heavy atom. The SMILES string of the molecule is CCCCOc1ccc(NC(=O)C2CC(=O)N(Cc3ccc(C)cc3)C2)c(C)c1. The number of ether oxygens (including phenoxy) is 1. The summed E-state index contributed by atoms with van der Waals surface area (Å²) in [6, 6.07) is 13.8. The van der Waals surface area contributed by atoms with Crippen LogP contribution in [0.25, 0.3) is 0 Å². The molecule has 0 aliphatic carbocycles. The van der Waals surface area contributed by atoms with Crippen LogP contribution in [-0.4, -0.2) is 29.9 Å². The van der Waals surface area contributed by atoms with Crippen molar-refractivity contribution in [1.29, 1.82) is 0 Å². The largest absolute Gasteiger partial charge is 0.494 e. The van der Waals surface area contributed by atoms with Crippen molar-refractivity contribution < 1.29 is 14.3 Å². The van der Waals surface area contributed by atoms with E-state index < -0.39 is 0 Å². The maximum atomic E-state index is 12.7. The van der Waals surface area contributed by atoms with Crippen molar-refractivity contribution in [2.24, 2.45) is 5.92 Å². The summed E-state index contributed by atoms with van der Waals surface area (Å²) >= 11 is 0. The monoisotopic (exact) mass is 394 g/mol. The summed E-state index contributed by atoms with van der Waals surface area (Å²) in [5.41, 5.74) is 3.99. The molecule has 3 rings (SSSR count). The van der Waals surface area contributed by atoms with Crippen LogP contribution in [0.3, 0.4) is 0 Å². The van der Waals surface area contributed by atoms with Crippen LogP contribution in [0, 0.1) is 19.8 Å². The third-order valence-electron chi connectivity index (χ3n) is 5.30. The fourth-order valence-electron chi connectivity index (χ4n) is 3.45. The molecule has 154 valence electrons. The molecular weight excluding hydrogens is 364 g/mol. The molecule has 1 N–H and O–H groups in total. The number of likely N-dealkylation sites (tertiary alicyclic amines) is 1. The number of unbranched alkanes of at least 4 members (excludes halogenated alkanes) is 1. The van der Waals surface area contributed by atoms with Gasteiger partial charge in [-0.05, 0) is 49.6 Å². The molecule has 0 radical (unpaired) electrons. The second-order valence-electron chi connectivity index (χ2n) is 7.83. The van der Waals surface area contributed by atoms with Crippen LogP contribution in [0.5, 0.6) is 5.75 Å².